The fourth-order valence-corrected chi connectivity index (χ4v) is 4.12. The van der Waals surface area contributed by atoms with Gasteiger partial charge in [-0.1, -0.05) is 48.5 Å². The molecular weight excluding hydrogens is 274 g/mol. The largest absolute Gasteiger partial charge is 0.355 e. The summed E-state index contributed by atoms with van der Waals surface area (Å²) in [7, 11) is 0. The first kappa shape index (κ1) is 13.3. The lowest BCUT2D eigenvalue weighted by atomic mass is 9.54. The second-order valence-electron chi connectivity index (χ2n) is 6.17. The second kappa shape index (κ2) is 4.54. The van der Waals surface area contributed by atoms with E-state index in [-0.39, 0.29) is 17.6 Å². The van der Waals surface area contributed by atoms with Crippen molar-refractivity contribution in [2.75, 3.05) is 6.54 Å². The average molecular weight is 291 g/mol. The number of hydrogen-bond acceptors (Lipinski definition) is 2. The van der Waals surface area contributed by atoms with E-state index in [1.54, 1.807) is 0 Å². The van der Waals surface area contributed by atoms with Crippen LogP contribution in [0.4, 0.5) is 0 Å². The Morgan fingerprint density at radius 1 is 1.09 bits per heavy atom. The third-order valence-corrected chi connectivity index (χ3v) is 5.06. The van der Waals surface area contributed by atoms with E-state index in [1.165, 1.54) is 18.1 Å². The highest BCUT2D eigenvalue weighted by Crippen LogP contribution is 2.54. The van der Waals surface area contributed by atoms with Gasteiger partial charge in [-0.25, -0.2) is 0 Å². The molecule has 3 heteroatoms. The van der Waals surface area contributed by atoms with Crippen molar-refractivity contribution in [1.82, 2.24) is 5.32 Å². The lowest BCUT2D eigenvalue weighted by Gasteiger charge is -2.48. The maximum absolute atomic E-state index is 13.0. The number of amides is 1. The van der Waals surface area contributed by atoms with Crippen LogP contribution in [0, 0.1) is 0 Å². The van der Waals surface area contributed by atoms with Gasteiger partial charge in [-0.05, 0) is 22.3 Å². The fourth-order valence-electron chi connectivity index (χ4n) is 4.12. The summed E-state index contributed by atoms with van der Waals surface area (Å²) in [4.78, 5) is 24.4. The van der Waals surface area contributed by atoms with Crippen LogP contribution in [-0.2, 0) is 15.0 Å². The zero-order valence-electron chi connectivity index (χ0n) is 12.4. The minimum Gasteiger partial charge on any atom is -0.355 e. The lowest BCUT2D eigenvalue weighted by Crippen LogP contribution is -2.54. The van der Waals surface area contributed by atoms with E-state index in [1.807, 2.05) is 36.4 Å². The van der Waals surface area contributed by atoms with E-state index in [0.717, 1.165) is 11.1 Å². The van der Waals surface area contributed by atoms with E-state index < -0.39 is 5.41 Å². The molecule has 0 heterocycles. The van der Waals surface area contributed by atoms with E-state index in [0.29, 0.717) is 13.0 Å². The van der Waals surface area contributed by atoms with Gasteiger partial charge in [0, 0.05) is 25.8 Å². The van der Waals surface area contributed by atoms with Gasteiger partial charge >= 0.3 is 0 Å². The Morgan fingerprint density at radius 2 is 1.64 bits per heavy atom. The summed E-state index contributed by atoms with van der Waals surface area (Å²) in [6, 6.07) is 16.3. The molecule has 110 valence electrons. The summed E-state index contributed by atoms with van der Waals surface area (Å²) in [6.45, 7) is 1.83. The molecular formula is C19H17NO2. The highest BCUT2D eigenvalue weighted by molar-refractivity contribution is 6.00. The molecule has 2 bridgehead atoms. The SMILES string of the molecule is CC(=O)NCC12C(=O)CC(c3ccccc31)c1ccccc12. The molecule has 0 aromatic heterocycles. The molecule has 2 aromatic rings. The van der Waals surface area contributed by atoms with Gasteiger partial charge in [-0.2, -0.15) is 0 Å². The van der Waals surface area contributed by atoms with E-state index in [4.69, 9.17) is 0 Å². The molecule has 0 fully saturated rings. The lowest BCUT2D eigenvalue weighted by molar-refractivity contribution is -0.125. The quantitative estimate of drug-likeness (QED) is 0.924. The monoisotopic (exact) mass is 291 g/mol. The summed E-state index contributed by atoms with van der Waals surface area (Å²) in [5.74, 6) is 0.257. The number of fused-ring (bicyclic) bond motifs is 1. The summed E-state index contributed by atoms with van der Waals surface area (Å²) >= 11 is 0. The summed E-state index contributed by atoms with van der Waals surface area (Å²) in [6.07, 6.45) is 0.521. The van der Waals surface area contributed by atoms with Gasteiger partial charge < -0.3 is 5.32 Å². The minimum absolute atomic E-state index is 0.107. The molecule has 5 rings (SSSR count). The molecule has 0 unspecified atom stereocenters. The summed E-state index contributed by atoms with van der Waals surface area (Å²) < 4.78 is 0. The Balaban J connectivity index is 2.01. The van der Waals surface area contributed by atoms with Crippen LogP contribution in [0.2, 0.25) is 0 Å². The third-order valence-electron chi connectivity index (χ3n) is 5.06. The number of ketones is 1. The maximum Gasteiger partial charge on any atom is 0.216 e. The molecule has 22 heavy (non-hydrogen) atoms. The molecule has 0 spiro atoms. The maximum atomic E-state index is 13.0. The van der Waals surface area contributed by atoms with Gasteiger partial charge in [0.1, 0.15) is 0 Å². The number of nitrogens with one attached hydrogen (secondary N) is 1. The van der Waals surface area contributed by atoms with Crippen LogP contribution in [0.15, 0.2) is 48.5 Å². The number of benzene rings is 2. The van der Waals surface area contributed by atoms with Gasteiger partial charge in [0.05, 0.1) is 5.41 Å². The Hall–Kier alpha value is -2.42. The molecule has 3 nitrogen and oxygen atoms in total. The summed E-state index contributed by atoms with van der Waals surface area (Å²) in [5, 5.41) is 2.88. The van der Waals surface area contributed by atoms with Crippen LogP contribution in [-0.4, -0.2) is 18.2 Å². The number of hydrogen-bond donors (Lipinski definition) is 1. The normalized spacial score (nSPS) is 24.6. The van der Waals surface area contributed by atoms with Crippen LogP contribution >= 0.6 is 0 Å². The van der Waals surface area contributed by atoms with Crippen molar-refractivity contribution in [2.24, 2.45) is 0 Å². The molecule has 2 aromatic carbocycles. The molecule has 0 radical (unpaired) electrons. The second-order valence-corrected chi connectivity index (χ2v) is 6.17. The van der Waals surface area contributed by atoms with E-state index >= 15 is 0 Å². The minimum atomic E-state index is -0.729. The van der Waals surface area contributed by atoms with Crippen molar-refractivity contribution >= 4 is 11.7 Å². The standard InChI is InChI=1S/C19H17NO2/c1-12(21)20-11-19-16-8-4-2-6-13(16)15(10-18(19)22)14-7-3-5-9-17(14)19/h2-9,15H,10-11H2,1H3,(H,20,21). The van der Waals surface area contributed by atoms with Crippen molar-refractivity contribution in [3.05, 3.63) is 70.8 Å². The van der Waals surface area contributed by atoms with Crippen molar-refractivity contribution < 1.29 is 9.59 Å². The molecule has 0 saturated heterocycles. The van der Waals surface area contributed by atoms with Crippen molar-refractivity contribution in [3.8, 4) is 0 Å². The first-order valence-electron chi connectivity index (χ1n) is 7.61. The predicted molar refractivity (Wildman–Crippen MR) is 83.8 cm³/mol. The van der Waals surface area contributed by atoms with Gasteiger partial charge in [0.15, 0.2) is 5.78 Å². The van der Waals surface area contributed by atoms with Crippen LogP contribution in [0.25, 0.3) is 0 Å². The van der Waals surface area contributed by atoms with E-state index in [9.17, 15) is 9.59 Å². The molecule has 3 aliphatic rings. The number of Topliss-reactive ketones (excluding diaryl/α,β-unsaturated/α-hetero) is 1. The number of carbonyl (C=O) groups is 2. The fraction of sp³-hybridized carbons (Fsp3) is 0.263. The highest BCUT2D eigenvalue weighted by Gasteiger charge is 2.53. The van der Waals surface area contributed by atoms with Crippen LogP contribution in [0.5, 0.6) is 0 Å². The molecule has 1 amide bonds. The third kappa shape index (κ3) is 1.56. The molecule has 0 saturated carbocycles. The zero-order chi connectivity index (χ0) is 15.3. The van der Waals surface area contributed by atoms with Gasteiger partial charge in [-0.15, -0.1) is 0 Å². The van der Waals surface area contributed by atoms with Crippen molar-refractivity contribution in [2.45, 2.75) is 24.7 Å². The predicted octanol–water partition coefficient (Wildman–Crippen LogP) is 2.53. The van der Waals surface area contributed by atoms with Gasteiger partial charge in [-0.3, -0.25) is 9.59 Å². The molecule has 3 aliphatic carbocycles. The first-order valence-corrected chi connectivity index (χ1v) is 7.61. The van der Waals surface area contributed by atoms with Crippen LogP contribution < -0.4 is 5.32 Å². The molecule has 0 atom stereocenters. The Labute approximate surface area is 129 Å². The topological polar surface area (TPSA) is 46.2 Å². The summed E-state index contributed by atoms with van der Waals surface area (Å²) in [5.41, 5.74) is 3.85. The van der Waals surface area contributed by atoms with Gasteiger partial charge in [0.25, 0.3) is 0 Å². The van der Waals surface area contributed by atoms with Crippen LogP contribution in [0.1, 0.15) is 41.5 Å². The van der Waals surface area contributed by atoms with Gasteiger partial charge in [0.2, 0.25) is 5.91 Å². The highest BCUT2D eigenvalue weighted by atomic mass is 16.1. The molecule has 1 N–H and O–H groups in total. The van der Waals surface area contributed by atoms with Crippen molar-refractivity contribution in [3.63, 3.8) is 0 Å². The number of carbonyl (C=O) groups excluding carboxylic acids is 2. The first-order chi connectivity index (χ1) is 10.6. The van der Waals surface area contributed by atoms with E-state index in [2.05, 4.69) is 17.4 Å². The zero-order valence-corrected chi connectivity index (χ0v) is 12.4. The van der Waals surface area contributed by atoms with Crippen molar-refractivity contribution in [1.29, 1.82) is 0 Å². The number of rotatable bonds is 2. The smallest absolute Gasteiger partial charge is 0.216 e. The average Bonchev–Trinajstić information content (AvgIpc) is 2.54. The Bertz CT molecular complexity index is 746. The van der Waals surface area contributed by atoms with Crippen LogP contribution in [0.3, 0.4) is 0 Å². The Kier molecular flexibility index (Phi) is 2.73. The molecule has 0 aliphatic heterocycles. The Morgan fingerprint density at radius 3 is 2.18 bits per heavy atom.